The standard InChI is InChI=1S/C20H16FN3O6S/c21-12-3-1-11(2-4-12)10-31(29,30)23-13-5-6-14-15(9-13)20(28)24(19(14)27)16-7-8-17(25)22-18(16)26/h1-6,9,16,23H,7-8,10H2,(H,22,25,26). The molecule has 1 unspecified atom stereocenters. The molecular weight excluding hydrogens is 429 g/mol. The molecular formula is C20H16FN3O6S. The van der Waals surface area contributed by atoms with Crippen LogP contribution in [-0.2, 0) is 25.4 Å². The summed E-state index contributed by atoms with van der Waals surface area (Å²) in [5, 5.41) is 2.10. The van der Waals surface area contributed by atoms with Crippen molar-refractivity contribution in [3.05, 3.63) is 65.0 Å². The Labute approximate surface area is 176 Å². The summed E-state index contributed by atoms with van der Waals surface area (Å²) in [6.07, 6.45) is 0.0194. The van der Waals surface area contributed by atoms with Crippen molar-refractivity contribution in [2.75, 3.05) is 4.72 Å². The highest BCUT2D eigenvalue weighted by molar-refractivity contribution is 7.91. The van der Waals surface area contributed by atoms with Gasteiger partial charge in [0.25, 0.3) is 11.8 Å². The van der Waals surface area contributed by atoms with Crippen LogP contribution in [0, 0.1) is 5.82 Å². The second-order valence-electron chi connectivity index (χ2n) is 7.20. The number of halogens is 1. The van der Waals surface area contributed by atoms with Gasteiger partial charge in [-0.2, -0.15) is 0 Å². The summed E-state index contributed by atoms with van der Waals surface area (Å²) >= 11 is 0. The monoisotopic (exact) mass is 445 g/mol. The zero-order valence-electron chi connectivity index (χ0n) is 15.9. The molecule has 2 heterocycles. The van der Waals surface area contributed by atoms with Gasteiger partial charge in [-0.05, 0) is 42.3 Å². The Bertz CT molecular complexity index is 1230. The first-order valence-electron chi connectivity index (χ1n) is 9.25. The van der Waals surface area contributed by atoms with Crippen LogP contribution in [0.25, 0.3) is 0 Å². The van der Waals surface area contributed by atoms with Gasteiger partial charge < -0.3 is 0 Å². The van der Waals surface area contributed by atoms with Crippen LogP contribution in [0.15, 0.2) is 42.5 Å². The molecule has 0 aliphatic carbocycles. The van der Waals surface area contributed by atoms with E-state index in [0.717, 1.165) is 17.0 Å². The third-order valence-electron chi connectivity index (χ3n) is 4.98. The number of hydrogen-bond acceptors (Lipinski definition) is 6. The van der Waals surface area contributed by atoms with Gasteiger partial charge in [-0.3, -0.25) is 34.1 Å². The van der Waals surface area contributed by atoms with Gasteiger partial charge in [-0.15, -0.1) is 0 Å². The Balaban J connectivity index is 1.55. The SMILES string of the molecule is O=C1CCC(N2C(=O)c3ccc(NS(=O)(=O)Cc4ccc(F)cc4)cc3C2=O)C(=O)N1. The smallest absolute Gasteiger partial charge is 0.262 e. The van der Waals surface area contributed by atoms with Crippen molar-refractivity contribution in [3.63, 3.8) is 0 Å². The molecule has 11 heteroatoms. The van der Waals surface area contributed by atoms with E-state index in [1.54, 1.807) is 0 Å². The molecule has 4 rings (SSSR count). The largest absolute Gasteiger partial charge is 0.295 e. The van der Waals surface area contributed by atoms with Crippen LogP contribution in [0.4, 0.5) is 10.1 Å². The Morgan fingerprint density at radius 2 is 1.68 bits per heavy atom. The van der Waals surface area contributed by atoms with Crippen molar-refractivity contribution < 1.29 is 32.0 Å². The first-order chi connectivity index (χ1) is 14.6. The Morgan fingerprint density at radius 1 is 1.00 bits per heavy atom. The number of nitrogens with zero attached hydrogens (tertiary/aromatic N) is 1. The van der Waals surface area contributed by atoms with Gasteiger partial charge in [0.15, 0.2) is 0 Å². The molecule has 2 aliphatic rings. The van der Waals surface area contributed by atoms with Crippen molar-refractivity contribution in [3.8, 4) is 0 Å². The molecule has 2 aromatic carbocycles. The van der Waals surface area contributed by atoms with Gasteiger partial charge in [0.1, 0.15) is 11.9 Å². The Kier molecular flexibility index (Phi) is 5.05. The van der Waals surface area contributed by atoms with Crippen LogP contribution < -0.4 is 10.0 Å². The number of fused-ring (bicyclic) bond motifs is 1. The van der Waals surface area contributed by atoms with Gasteiger partial charge in [0.05, 0.1) is 16.9 Å². The molecule has 4 amide bonds. The molecule has 0 saturated carbocycles. The summed E-state index contributed by atoms with van der Waals surface area (Å²) in [5.74, 6) is -3.54. The summed E-state index contributed by atoms with van der Waals surface area (Å²) in [4.78, 5) is 49.7. The zero-order valence-corrected chi connectivity index (χ0v) is 16.7. The lowest BCUT2D eigenvalue weighted by molar-refractivity contribution is -0.136. The number of anilines is 1. The lowest BCUT2D eigenvalue weighted by Gasteiger charge is -2.27. The first kappa shape index (κ1) is 20.7. The van der Waals surface area contributed by atoms with Crippen LogP contribution >= 0.6 is 0 Å². The van der Waals surface area contributed by atoms with E-state index in [9.17, 15) is 32.0 Å². The molecule has 2 N–H and O–H groups in total. The maximum Gasteiger partial charge on any atom is 0.262 e. The number of carbonyl (C=O) groups excluding carboxylic acids is 4. The van der Waals surface area contributed by atoms with Crippen LogP contribution in [0.1, 0.15) is 39.1 Å². The predicted molar refractivity (Wildman–Crippen MR) is 106 cm³/mol. The highest BCUT2D eigenvalue weighted by Crippen LogP contribution is 2.30. The van der Waals surface area contributed by atoms with Gasteiger partial charge in [0, 0.05) is 12.1 Å². The fourth-order valence-corrected chi connectivity index (χ4v) is 4.74. The van der Waals surface area contributed by atoms with Crippen LogP contribution in [0.5, 0.6) is 0 Å². The lowest BCUT2D eigenvalue weighted by atomic mass is 10.0. The fourth-order valence-electron chi connectivity index (χ4n) is 3.55. The van der Waals surface area contributed by atoms with Crippen molar-refractivity contribution >= 4 is 39.3 Å². The zero-order chi connectivity index (χ0) is 22.3. The van der Waals surface area contributed by atoms with E-state index in [1.165, 1.54) is 30.3 Å². The molecule has 0 spiro atoms. The number of imide groups is 2. The van der Waals surface area contributed by atoms with Gasteiger partial charge in [-0.25, -0.2) is 12.8 Å². The number of benzene rings is 2. The maximum atomic E-state index is 13.0. The van der Waals surface area contributed by atoms with E-state index in [4.69, 9.17) is 0 Å². The maximum absolute atomic E-state index is 13.0. The van der Waals surface area contributed by atoms with E-state index in [2.05, 4.69) is 10.0 Å². The normalized spacial score (nSPS) is 18.7. The Morgan fingerprint density at radius 3 is 2.35 bits per heavy atom. The summed E-state index contributed by atoms with van der Waals surface area (Å²) in [7, 11) is -3.88. The second kappa shape index (κ2) is 7.58. The van der Waals surface area contributed by atoms with E-state index >= 15 is 0 Å². The summed E-state index contributed by atoms with van der Waals surface area (Å²) < 4.78 is 40.2. The minimum atomic E-state index is -3.88. The molecule has 0 bridgehead atoms. The molecule has 2 aliphatic heterocycles. The number of hydrogen-bond donors (Lipinski definition) is 2. The van der Waals surface area contributed by atoms with Gasteiger partial charge >= 0.3 is 0 Å². The average molecular weight is 445 g/mol. The third kappa shape index (κ3) is 4.04. The van der Waals surface area contributed by atoms with E-state index in [-0.39, 0.29) is 29.7 Å². The quantitative estimate of drug-likeness (QED) is 0.665. The second-order valence-corrected chi connectivity index (χ2v) is 8.92. The number of rotatable bonds is 5. The van der Waals surface area contributed by atoms with Crippen LogP contribution in [0.2, 0.25) is 0 Å². The molecule has 0 aromatic heterocycles. The number of amides is 4. The molecule has 1 saturated heterocycles. The van der Waals surface area contributed by atoms with Crippen LogP contribution in [-0.4, -0.2) is 43.0 Å². The van der Waals surface area contributed by atoms with Crippen LogP contribution in [0.3, 0.4) is 0 Å². The predicted octanol–water partition coefficient (Wildman–Crippen LogP) is 1.17. The summed E-state index contributed by atoms with van der Waals surface area (Å²) in [6.45, 7) is 0. The number of sulfonamides is 1. The highest BCUT2D eigenvalue weighted by atomic mass is 32.2. The van der Waals surface area contributed by atoms with Crippen molar-refractivity contribution in [2.24, 2.45) is 0 Å². The van der Waals surface area contributed by atoms with Gasteiger partial charge in [0.2, 0.25) is 21.8 Å². The molecule has 1 atom stereocenters. The molecule has 0 radical (unpaired) electrons. The van der Waals surface area contributed by atoms with E-state index in [0.29, 0.717) is 5.56 Å². The molecule has 1 fully saturated rings. The number of carbonyl (C=O) groups is 4. The highest BCUT2D eigenvalue weighted by Gasteiger charge is 2.44. The fraction of sp³-hybridized carbons (Fsp3) is 0.200. The number of piperidine rings is 1. The first-order valence-corrected chi connectivity index (χ1v) is 10.9. The summed E-state index contributed by atoms with van der Waals surface area (Å²) in [6, 6.07) is 7.74. The van der Waals surface area contributed by atoms with Crippen molar-refractivity contribution in [1.82, 2.24) is 10.2 Å². The lowest BCUT2D eigenvalue weighted by Crippen LogP contribution is -2.54. The minimum absolute atomic E-state index is 0.00174. The molecule has 31 heavy (non-hydrogen) atoms. The van der Waals surface area contributed by atoms with Crippen molar-refractivity contribution in [1.29, 1.82) is 0 Å². The third-order valence-corrected chi connectivity index (χ3v) is 6.24. The van der Waals surface area contributed by atoms with Gasteiger partial charge in [-0.1, -0.05) is 12.1 Å². The molecule has 160 valence electrons. The molecule has 2 aromatic rings. The van der Waals surface area contributed by atoms with E-state index in [1.807, 2.05) is 0 Å². The summed E-state index contributed by atoms with van der Waals surface area (Å²) in [5.41, 5.74) is 0.422. The minimum Gasteiger partial charge on any atom is -0.295 e. The van der Waals surface area contributed by atoms with Crippen molar-refractivity contribution in [2.45, 2.75) is 24.6 Å². The van der Waals surface area contributed by atoms with E-state index < -0.39 is 51.3 Å². The topological polar surface area (TPSA) is 130 Å². The average Bonchev–Trinajstić information content (AvgIpc) is 2.94. The molecule has 9 nitrogen and oxygen atoms in total. The number of nitrogens with one attached hydrogen (secondary N) is 2. The Hall–Kier alpha value is -3.60.